The Morgan fingerprint density at radius 3 is 2.43 bits per heavy atom. The van der Waals surface area contributed by atoms with E-state index in [0.717, 1.165) is 17.5 Å². The molecule has 0 fully saturated rings. The topological polar surface area (TPSA) is 75.4 Å². The van der Waals surface area contributed by atoms with E-state index in [1.165, 1.54) is 12.1 Å². The zero-order chi connectivity index (χ0) is 15.2. The number of para-hydroxylation sites is 1. The monoisotopic (exact) mass is 286 g/mol. The Labute approximate surface area is 123 Å². The van der Waals surface area contributed by atoms with Gasteiger partial charge in [0.1, 0.15) is 5.75 Å². The SMILES string of the molecule is CCC(NCc1ccc([N+](=O)[O-])cc1)c1ccccc1O. The summed E-state index contributed by atoms with van der Waals surface area (Å²) in [5.41, 5.74) is 1.92. The van der Waals surface area contributed by atoms with Gasteiger partial charge in [-0.05, 0) is 18.1 Å². The highest BCUT2D eigenvalue weighted by atomic mass is 16.6. The predicted octanol–water partition coefficient (Wildman–Crippen LogP) is 3.54. The summed E-state index contributed by atoms with van der Waals surface area (Å²) in [5.74, 6) is 0.278. The van der Waals surface area contributed by atoms with Crippen LogP contribution < -0.4 is 5.32 Å². The van der Waals surface area contributed by atoms with Crippen LogP contribution in [0.25, 0.3) is 0 Å². The molecule has 0 aliphatic heterocycles. The Morgan fingerprint density at radius 2 is 1.86 bits per heavy atom. The fraction of sp³-hybridized carbons (Fsp3) is 0.250. The number of non-ortho nitro benzene ring substituents is 1. The van der Waals surface area contributed by atoms with E-state index in [1.54, 1.807) is 24.3 Å². The second-order valence-corrected chi connectivity index (χ2v) is 4.82. The minimum atomic E-state index is -0.409. The molecule has 0 heterocycles. The lowest BCUT2D eigenvalue weighted by Gasteiger charge is -2.18. The van der Waals surface area contributed by atoms with Crippen molar-refractivity contribution in [3.05, 3.63) is 69.8 Å². The van der Waals surface area contributed by atoms with E-state index in [0.29, 0.717) is 6.54 Å². The average Bonchev–Trinajstić information content (AvgIpc) is 2.50. The number of hydrogen-bond donors (Lipinski definition) is 2. The van der Waals surface area contributed by atoms with E-state index >= 15 is 0 Å². The Hall–Kier alpha value is -2.40. The van der Waals surface area contributed by atoms with Gasteiger partial charge in [-0.1, -0.05) is 37.3 Å². The van der Waals surface area contributed by atoms with Crippen LogP contribution in [0.2, 0.25) is 0 Å². The Morgan fingerprint density at radius 1 is 1.19 bits per heavy atom. The number of hydrogen-bond acceptors (Lipinski definition) is 4. The standard InChI is InChI=1S/C16H18N2O3/c1-2-15(14-5-3-4-6-16(14)19)17-11-12-7-9-13(10-8-12)18(20)21/h3-10,15,17,19H,2,11H2,1H3. The first-order valence-corrected chi connectivity index (χ1v) is 6.86. The molecule has 0 aliphatic rings. The molecular weight excluding hydrogens is 268 g/mol. The summed E-state index contributed by atoms with van der Waals surface area (Å²) in [6.45, 7) is 2.63. The third-order valence-electron chi connectivity index (χ3n) is 3.42. The Bertz CT molecular complexity index is 611. The molecule has 5 nitrogen and oxygen atoms in total. The van der Waals surface area contributed by atoms with E-state index in [4.69, 9.17) is 0 Å². The third kappa shape index (κ3) is 3.79. The van der Waals surface area contributed by atoms with Gasteiger partial charge in [0.25, 0.3) is 5.69 Å². The molecule has 0 radical (unpaired) electrons. The molecule has 0 aromatic heterocycles. The predicted molar refractivity (Wildman–Crippen MR) is 81.1 cm³/mol. The maximum Gasteiger partial charge on any atom is 0.269 e. The molecule has 1 unspecified atom stereocenters. The van der Waals surface area contributed by atoms with Crippen LogP contribution in [0.1, 0.15) is 30.5 Å². The number of nitro groups is 1. The summed E-state index contributed by atoms with van der Waals surface area (Å²) < 4.78 is 0. The van der Waals surface area contributed by atoms with E-state index in [2.05, 4.69) is 5.32 Å². The maximum atomic E-state index is 10.6. The van der Waals surface area contributed by atoms with Crippen LogP contribution >= 0.6 is 0 Å². The van der Waals surface area contributed by atoms with E-state index in [9.17, 15) is 15.2 Å². The molecule has 2 N–H and O–H groups in total. The lowest BCUT2D eigenvalue weighted by molar-refractivity contribution is -0.384. The van der Waals surface area contributed by atoms with Crippen LogP contribution in [0, 0.1) is 10.1 Å². The Kier molecular flexibility index (Phi) is 4.90. The molecule has 110 valence electrons. The van der Waals surface area contributed by atoms with Crippen molar-refractivity contribution in [2.24, 2.45) is 0 Å². The van der Waals surface area contributed by atoms with Gasteiger partial charge in [0, 0.05) is 30.3 Å². The number of phenolic OH excluding ortho intramolecular Hbond substituents is 1. The molecule has 0 bridgehead atoms. The number of benzene rings is 2. The molecule has 2 rings (SSSR count). The zero-order valence-corrected chi connectivity index (χ0v) is 11.8. The van der Waals surface area contributed by atoms with Gasteiger partial charge >= 0.3 is 0 Å². The lowest BCUT2D eigenvalue weighted by Crippen LogP contribution is -2.20. The van der Waals surface area contributed by atoms with Gasteiger partial charge in [-0.3, -0.25) is 10.1 Å². The fourth-order valence-corrected chi connectivity index (χ4v) is 2.23. The highest BCUT2D eigenvalue weighted by Gasteiger charge is 2.12. The minimum absolute atomic E-state index is 0.0430. The van der Waals surface area contributed by atoms with Gasteiger partial charge in [-0.25, -0.2) is 0 Å². The molecule has 0 aliphatic carbocycles. The maximum absolute atomic E-state index is 10.6. The van der Waals surface area contributed by atoms with Gasteiger partial charge in [-0.15, -0.1) is 0 Å². The number of rotatable bonds is 6. The summed E-state index contributed by atoms with van der Waals surface area (Å²) in [7, 11) is 0. The molecule has 1 atom stereocenters. The van der Waals surface area contributed by atoms with Crippen molar-refractivity contribution >= 4 is 5.69 Å². The number of nitrogens with one attached hydrogen (secondary N) is 1. The van der Waals surface area contributed by atoms with Gasteiger partial charge in [0.05, 0.1) is 4.92 Å². The fourth-order valence-electron chi connectivity index (χ4n) is 2.23. The molecule has 0 spiro atoms. The number of nitro benzene ring substituents is 1. The summed E-state index contributed by atoms with van der Waals surface area (Å²) >= 11 is 0. The summed E-state index contributed by atoms with van der Waals surface area (Å²) in [6, 6.07) is 13.8. The molecular formula is C16H18N2O3. The summed E-state index contributed by atoms with van der Waals surface area (Å²) in [6.07, 6.45) is 0.838. The quantitative estimate of drug-likeness (QED) is 0.629. The number of phenols is 1. The van der Waals surface area contributed by atoms with Crippen LogP contribution in [0.3, 0.4) is 0 Å². The molecule has 0 saturated carbocycles. The van der Waals surface area contributed by atoms with Crippen molar-refractivity contribution in [1.29, 1.82) is 0 Å². The van der Waals surface area contributed by atoms with Crippen LogP contribution in [0.5, 0.6) is 5.75 Å². The molecule has 0 saturated heterocycles. The molecule has 2 aromatic rings. The first-order chi connectivity index (χ1) is 10.1. The Balaban J connectivity index is 2.03. The second-order valence-electron chi connectivity index (χ2n) is 4.82. The highest BCUT2D eigenvalue weighted by molar-refractivity contribution is 5.35. The zero-order valence-electron chi connectivity index (χ0n) is 11.8. The van der Waals surface area contributed by atoms with Crippen molar-refractivity contribution in [3.63, 3.8) is 0 Å². The van der Waals surface area contributed by atoms with Gasteiger partial charge in [-0.2, -0.15) is 0 Å². The van der Waals surface area contributed by atoms with Crippen LogP contribution in [-0.2, 0) is 6.54 Å². The lowest BCUT2D eigenvalue weighted by atomic mass is 10.0. The van der Waals surface area contributed by atoms with Crippen LogP contribution in [-0.4, -0.2) is 10.0 Å². The van der Waals surface area contributed by atoms with Gasteiger partial charge in [0.15, 0.2) is 0 Å². The molecule has 2 aromatic carbocycles. The first kappa shape index (κ1) is 15.0. The smallest absolute Gasteiger partial charge is 0.269 e. The first-order valence-electron chi connectivity index (χ1n) is 6.86. The van der Waals surface area contributed by atoms with Crippen LogP contribution in [0.15, 0.2) is 48.5 Å². The van der Waals surface area contributed by atoms with Crippen molar-refractivity contribution in [2.75, 3.05) is 0 Å². The van der Waals surface area contributed by atoms with E-state index < -0.39 is 4.92 Å². The van der Waals surface area contributed by atoms with Crippen molar-refractivity contribution in [1.82, 2.24) is 5.32 Å². The van der Waals surface area contributed by atoms with E-state index in [1.807, 2.05) is 19.1 Å². The second kappa shape index (κ2) is 6.85. The minimum Gasteiger partial charge on any atom is -0.508 e. The normalized spacial score (nSPS) is 12.0. The van der Waals surface area contributed by atoms with Crippen molar-refractivity contribution < 1.29 is 10.0 Å². The molecule has 0 amide bonds. The number of aromatic hydroxyl groups is 1. The van der Waals surface area contributed by atoms with Gasteiger partial charge in [0.2, 0.25) is 0 Å². The molecule has 21 heavy (non-hydrogen) atoms. The van der Waals surface area contributed by atoms with E-state index in [-0.39, 0.29) is 17.5 Å². The summed E-state index contributed by atoms with van der Waals surface area (Å²) in [5, 5.41) is 23.9. The molecule has 5 heteroatoms. The van der Waals surface area contributed by atoms with Gasteiger partial charge < -0.3 is 10.4 Å². The summed E-state index contributed by atoms with van der Waals surface area (Å²) in [4.78, 5) is 10.2. The average molecular weight is 286 g/mol. The van der Waals surface area contributed by atoms with Crippen LogP contribution in [0.4, 0.5) is 5.69 Å². The highest BCUT2D eigenvalue weighted by Crippen LogP contribution is 2.26. The largest absolute Gasteiger partial charge is 0.508 e. The van der Waals surface area contributed by atoms with Crippen molar-refractivity contribution in [2.45, 2.75) is 25.9 Å². The number of nitrogens with zero attached hydrogens (tertiary/aromatic N) is 1. The van der Waals surface area contributed by atoms with Crippen molar-refractivity contribution in [3.8, 4) is 5.75 Å². The third-order valence-corrected chi connectivity index (χ3v) is 3.42.